The Morgan fingerprint density at radius 1 is 1.00 bits per heavy atom. The summed E-state index contributed by atoms with van der Waals surface area (Å²) in [4.78, 5) is 28.8. The second kappa shape index (κ2) is 9.40. The smallest absolute Gasteiger partial charge is 0.321 e. The molecule has 0 aliphatic carbocycles. The molecule has 1 N–H and O–H groups in total. The maximum atomic E-state index is 12.8. The Kier molecular flexibility index (Phi) is 6.69. The van der Waals surface area contributed by atoms with Gasteiger partial charge in [-0.1, -0.05) is 49.4 Å². The van der Waals surface area contributed by atoms with Crippen molar-refractivity contribution in [1.82, 2.24) is 9.80 Å². The van der Waals surface area contributed by atoms with Crippen LogP contribution in [0.3, 0.4) is 0 Å². The number of piperidine rings is 1. The van der Waals surface area contributed by atoms with E-state index in [9.17, 15) is 9.59 Å². The molecule has 1 saturated heterocycles. The summed E-state index contributed by atoms with van der Waals surface area (Å²) in [6.07, 6.45) is 2.44. The van der Waals surface area contributed by atoms with E-state index in [1.54, 1.807) is 4.90 Å². The van der Waals surface area contributed by atoms with Gasteiger partial charge in [-0.3, -0.25) is 4.79 Å². The summed E-state index contributed by atoms with van der Waals surface area (Å²) in [6.45, 7) is 3.97. The van der Waals surface area contributed by atoms with E-state index < -0.39 is 0 Å². The largest absolute Gasteiger partial charge is 0.341 e. The molecule has 0 aromatic heterocycles. The van der Waals surface area contributed by atoms with Crippen LogP contribution in [0.15, 0.2) is 54.6 Å². The number of nitrogens with one attached hydrogen (secondary N) is 1. The summed E-state index contributed by atoms with van der Waals surface area (Å²) in [5.41, 5.74) is 3.24. The van der Waals surface area contributed by atoms with Crippen LogP contribution in [0.2, 0.25) is 0 Å². The van der Waals surface area contributed by atoms with Crippen molar-refractivity contribution in [3.63, 3.8) is 0 Å². The van der Waals surface area contributed by atoms with Crippen LogP contribution in [0.5, 0.6) is 0 Å². The number of hydrogen-bond acceptors (Lipinski definition) is 2. The molecular formula is C23H29N3O2. The SMILES string of the molecule is CCc1ccc(CN(C)C(=O)C2CCN(C(=O)Nc3ccccc3)CC2)cc1. The fourth-order valence-electron chi connectivity index (χ4n) is 3.60. The number of benzene rings is 2. The molecule has 1 aliphatic heterocycles. The fraction of sp³-hybridized carbons (Fsp3) is 0.391. The van der Waals surface area contributed by atoms with Crippen LogP contribution < -0.4 is 5.32 Å². The molecule has 5 heteroatoms. The molecule has 5 nitrogen and oxygen atoms in total. The van der Waals surface area contributed by atoms with E-state index in [4.69, 9.17) is 0 Å². The number of anilines is 1. The van der Waals surface area contributed by atoms with Gasteiger partial charge in [0.15, 0.2) is 0 Å². The first-order chi connectivity index (χ1) is 13.6. The summed E-state index contributed by atoms with van der Waals surface area (Å²) >= 11 is 0. The zero-order chi connectivity index (χ0) is 19.9. The lowest BCUT2D eigenvalue weighted by Crippen LogP contribution is -2.44. The third kappa shape index (κ3) is 5.12. The fourth-order valence-corrected chi connectivity index (χ4v) is 3.60. The van der Waals surface area contributed by atoms with E-state index >= 15 is 0 Å². The number of rotatable bonds is 5. The van der Waals surface area contributed by atoms with Gasteiger partial charge < -0.3 is 15.1 Å². The van der Waals surface area contributed by atoms with E-state index in [2.05, 4.69) is 36.5 Å². The van der Waals surface area contributed by atoms with Crippen molar-refractivity contribution in [3.8, 4) is 0 Å². The van der Waals surface area contributed by atoms with Crippen molar-refractivity contribution in [2.75, 3.05) is 25.5 Å². The minimum absolute atomic E-state index is 0.0132. The maximum Gasteiger partial charge on any atom is 0.321 e. The molecule has 1 aliphatic rings. The number of carbonyl (C=O) groups excluding carboxylic acids is 2. The number of carbonyl (C=O) groups is 2. The van der Waals surface area contributed by atoms with Gasteiger partial charge in [-0.25, -0.2) is 4.79 Å². The summed E-state index contributed by atoms with van der Waals surface area (Å²) < 4.78 is 0. The highest BCUT2D eigenvalue weighted by Gasteiger charge is 2.29. The van der Waals surface area contributed by atoms with Crippen LogP contribution >= 0.6 is 0 Å². The molecule has 2 aromatic carbocycles. The number of hydrogen-bond donors (Lipinski definition) is 1. The van der Waals surface area contributed by atoms with Crippen LogP contribution in [-0.2, 0) is 17.8 Å². The van der Waals surface area contributed by atoms with Crippen molar-refractivity contribution >= 4 is 17.6 Å². The van der Waals surface area contributed by atoms with Crippen LogP contribution in [0.4, 0.5) is 10.5 Å². The van der Waals surface area contributed by atoms with Crippen molar-refractivity contribution in [2.45, 2.75) is 32.7 Å². The number of para-hydroxylation sites is 1. The van der Waals surface area contributed by atoms with E-state index in [0.29, 0.717) is 32.5 Å². The molecule has 0 spiro atoms. The molecule has 3 rings (SSSR count). The zero-order valence-corrected chi connectivity index (χ0v) is 16.7. The Hall–Kier alpha value is -2.82. The Bertz CT molecular complexity index is 781. The van der Waals surface area contributed by atoms with Gasteiger partial charge >= 0.3 is 6.03 Å². The summed E-state index contributed by atoms with van der Waals surface area (Å²) in [5.74, 6) is 0.156. The van der Waals surface area contributed by atoms with Gasteiger partial charge in [-0.2, -0.15) is 0 Å². The first-order valence-corrected chi connectivity index (χ1v) is 10.0. The van der Waals surface area contributed by atoms with Gasteiger partial charge in [0.2, 0.25) is 5.91 Å². The second-order valence-corrected chi connectivity index (χ2v) is 7.42. The van der Waals surface area contributed by atoms with Crippen LogP contribution in [-0.4, -0.2) is 41.9 Å². The minimum Gasteiger partial charge on any atom is -0.341 e. The molecule has 0 radical (unpaired) electrons. The van der Waals surface area contributed by atoms with Gasteiger partial charge in [0, 0.05) is 38.3 Å². The van der Waals surface area contributed by atoms with Gasteiger partial charge in [-0.05, 0) is 42.5 Å². The summed E-state index contributed by atoms with van der Waals surface area (Å²) in [7, 11) is 1.87. The third-order valence-corrected chi connectivity index (χ3v) is 5.38. The highest BCUT2D eigenvalue weighted by atomic mass is 16.2. The molecule has 2 aromatic rings. The van der Waals surface area contributed by atoms with E-state index in [0.717, 1.165) is 17.7 Å². The number of amides is 3. The lowest BCUT2D eigenvalue weighted by Gasteiger charge is -2.33. The average molecular weight is 380 g/mol. The molecule has 3 amide bonds. The topological polar surface area (TPSA) is 52.7 Å². The molecular weight excluding hydrogens is 350 g/mol. The first-order valence-electron chi connectivity index (χ1n) is 10.0. The standard InChI is InChI=1S/C23H29N3O2/c1-3-18-9-11-19(12-10-18)17-25(2)22(27)20-13-15-26(16-14-20)23(28)24-21-7-5-4-6-8-21/h4-12,20H,3,13-17H2,1-2H3,(H,24,28). The van der Waals surface area contributed by atoms with Crippen LogP contribution in [0.25, 0.3) is 0 Å². The van der Waals surface area contributed by atoms with Crippen molar-refractivity contribution < 1.29 is 9.59 Å². The van der Waals surface area contributed by atoms with Crippen molar-refractivity contribution in [3.05, 3.63) is 65.7 Å². The van der Waals surface area contributed by atoms with E-state index in [-0.39, 0.29) is 17.9 Å². The Morgan fingerprint density at radius 2 is 1.61 bits per heavy atom. The van der Waals surface area contributed by atoms with E-state index in [1.165, 1.54) is 5.56 Å². The Balaban J connectivity index is 1.47. The van der Waals surface area contributed by atoms with Gasteiger partial charge in [0.05, 0.1) is 0 Å². The molecule has 0 atom stereocenters. The highest BCUT2D eigenvalue weighted by Crippen LogP contribution is 2.21. The average Bonchev–Trinajstić information content (AvgIpc) is 2.74. The highest BCUT2D eigenvalue weighted by molar-refractivity contribution is 5.89. The quantitative estimate of drug-likeness (QED) is 0.848. The molecule has 1 heterocycles. The maximum absolute atomic E-state index is 12.8. The predicted molar refractivity (Wildman–Crippen MR) is 112 cm³/mol. The first kappa shape index (κ1) is 19.9. The van der Waals surface area contributed by atoms with Crippen molar-refractivity contribution in [2.24, 2.45) is 5.92 Å². The number of nitrogens with zero attached hydrogens (tertiary/aromatic N) is 2. The summed E-state index contributed by atoms with van der Waals surface area (Å²) in [6, 6.07) is 17.8. The molecule has 148 valence electrons. The van der Waals surface area contributed by atoms with Crippen LogP contribution in [0.1, 0.15) is 30.9 Å². The normalized spacial score (nSPS) is 14.6. The molecule has 0 bridgehead atoms. The third-order valence-electron chi connectivity index (χ3n) is 5.38. The zero-order valence-electron chi connectivity index (χ0n) is 16.7. The predicted octanol–water partition coefficient (Wildman–Crippen LogP) is 4.15. The lowest BCUT2D eigenvalue weighted by atomic mass is 9.95. The van der Waals surface area contributed by atoms with Crippen molar-refractivity contribution in [1.29, 1.82) is 0 Å². The molecule has 0 unspecified atom stereocenters. The van der Waals surface area contributed by atoms with Gasteiger partial charge in [0.1, 0.15) is 0 Å². The second-order valence-electron chi connectivity index (χ2n) is 7.42. The lowest BCUT2D eigenvalue weighted by molar-refractivity contribution is -0.136. The molecule has 28 heavy (non-hydrogen) atoms. The van der Waals surface area contributed by atoms with Gasteiger partial charge in [0.25, 0.3) is 0 Å². The van der Waals surface area contributed by atoms with Gasteiger partial charge in [-0.15, -0.1) is 0 Å². The number of urea groups is 1. The molecule has 1 fully saturated rings. The number of likely N-dealkylation sites (tertiary alicyclic amines) is 1. The minimum atomic E-state index is -0.0959. The van der Waals surface area contributed by atoms with E-state index in [1.807, 2.05) is 42.3 Å². The molecule has 0 saturated carbocycles. The monoisotopic (exact) mass is 379 g/mol. The summed E-state index contributed by atoms with van der Waals surface area (Å²) in [5, 5.41) is 2.91. The Labute approximate surface area is 167 Å². The Morgan fingerprint density at radius 3 is 2.21 bits per heavy atom. The number of aryl methyl sites for hydroxylation is 1. The van der Waals surface area contributed by atoms with Crippen LogP contribution in [0, 0.1) is 5.92 Å².